The van der Waals surface area contributed by atoms with Crippen molar-refractivity contribution in [3.63, 3.8) is 0 Å². The second-order valence-corrected chi connectivity index (χ2v) is 5.43. The SMILES string of the molecule is C=CC[C@H](C1OCCO1)N(C(=O)OC)N1CCC[C@H]1COC. The number of carbonyl (C=O) groups is 1. The predicted octanol–water partition coefficient (Wildman–Crippen LogP) is 1.40. The van der Waals surface area contributed by atoms with E-state index in [0.29, 0.717) is 26.2 Å². The van der Waals surface area contributed by atoms with Gasteiger partial charge in [0.1, 0.15) is 6.04 Å². The second-order valence-electron chi connectivity index (χ2n) is 5.43. The average molecular weight is 314 g/mol. The lowest BCUT2D eigenvalue weighted by atomic mass is 10.2. The van der Waals surface area contributed by atoms with Crippen molar-refractivity contribution in [2.45, 2.75) is 37.6 Å². The van der Waals surface area contributed by atoms with Gasteiger partial charge in [-0.25, -0.2) is 14.8 Å². The summed E-state index contributed by atoms with van der Waals surface area (Å²) in [6.45, 7) is 6.21. The molecule has 2 aliphatic heterocycles. The molecule has 0 radical (unpaired) electrons. The third kappa shape index (κ3) is 3.78. The quantitative estimate of drug-likeness (QED) is 0.662. The first-order valence-electron chi connectivity index (χ1n) is 7.69. The lowest BCUT2D eigenvalue weighted by Gasteiger charge is -2.41. The molecular formula is C15H26N2O5. The second kappa shape index (κ2) is 8.47. The summed E-state index contributed by atoms with van der Waals surface area (Å²) in [5, 5.41) is 3.66. The standard InChI is InChI=1S/C15H26N2O5/c1-4-6-13(14-21-9-10-22-14)17(15(18)20-3)16-8-5-7-12(16)11-19-2/h4,12-14H,1,5-11H2,2-3H3/t12-,13+/m0/s1. The molecule has 2 saturated heterocycles. The van der Waals surface area contributed by atoms with Crippen LogP contribution in [0.25, 0.3) is 0 Å². The van der Waals surface area contributed by atoms with Crippen LogP contribution in [0.15, 0.2) is 12.7 Å². The van der Waals surface area contributed by atoms with Gasteiger partial charge in [0.25, 0.3) is 0 Å². The summed E-state index contributed by atoms with van der Waals surface area (Å²) >= 11 is 0. The van der Waals surface area contributed by atoms with Crippen LogP contribution in [0.1, 0.15) is 19.3 Å². The number of nitrogens with zero attached hydrogens (tertiary/aromatic N) is 2. The van der Waals surface area contributed by atoms with E-state index in [9.17, 15) is 4.79 Å². The monoisotopic (exact) mass is 314 g/mol. The summed E-state index contributed by atoms with van der Waals surface area (Å²) in [6.07, 6.45) is 3.46. The van der Waals surface area contributed by atoms with Crippen molar-refractivity contribution in [3.8, 4) is 0 Å². The highest BCUT2D eigenvalue weighted by Gasteiger charge is 2.41. The molecule has 1 amide bonds. The van der Waals surface area contributed by atoms with Gasteiger partial charge in [-0.2, -0.15) is 0 Å². The van der Waals surface area contributed by atoms with E-state index in [1.165, 1.54) is 7.11 Å². The van der Waals surface area contributed by atoms with Crippen molar-refractivity contribution >= 4 is 6.09 Å². The number of methoxy groups -OCH3 is 2. The van der Waals surface area contributed by atoms with Crippen LogP contribution in [-0.2, 0) is 18.9 Å². The van der Waals surface area contributed by atoms with E-state index in [1.54, 1.807) is 18.2 Å². The summed E-state index contributed by atoms with van der Waals surface area (Å²) in [5.41, 5.74) is 0. The highest BCUT2D eigenvalue weighted by Crippen LogP contribution is 2.27. The number of hydrogen-bond donors (Lipinski definition) is 0. The van der Waals surface area contributed by atoms with Crippen LogP contribution < -0.4 is 0 Å². The van der Waals surface area contributed by atoms with Gasteiger partial charge in [-0.3, -0.25) is 0 Å². The third-order valence-corrected chi connectivity index (χ3v) is 4.03. The Kier molecular flexibility index (Phi) is 6.63. The average Bonchev–Trinajstić information content (AvgIpc) is 3.19. The molecule has 2 rings (SSSR count). The summed E-state index contributed by atoms with van der Waals surface area (Å²) in [5.74, 6) is 0. The minimum atomic E-state index is -0.458. The molecule has 2 aliphatic rings. The topological polar surface area (TPSA) is 60.5 Å². The van der Waals surface area contributed by atoms with Crippen molar-refractivity contribution in [1.29, 1.82) is 0 Å². The van der Waals surface area contributed by atoms with Crippen molar-refractivity contribution in [1.82, 2.24) is 10.0 Å². The normalized spacial score (nSPS) is 24.4. The molecule has 0 aromatic heterocycles. The maximum Gasteiger partial charge on any atom is 0.424 e. The number of amides is 1. The number of hydrogen-bond acceptors (Lipinski definition) is 6. The van der Waals surface area contributed by atoms with Gasteiger partial charge in [0.05, 0.1) is 33.0 Å². The fourth-order valence-electron chi connectivity index (χ4n) is 3.09. The molecule has 22 heavy (non-hydrogen) atoms. The summed E-state index contributed by atoms with van der Waals surface area (Å²) in [7, 11) is 3.06. The summed E-state index contributed by atoms with van der Waals surface area (Å²) in [6, 6.07) is -0.136. The first-order chi connectivity index (χ1) is 10.7. The van der Waals surface area contributed by atoms with Crippen LogP contribution in [0.4, 0.5) is 4.79 Å². The van der Waals surface area contributed by atoms with Gasteiger partial charge < -0.3 is 18.9 Å². The van der Waals surface area contributed by atoms with Crippen LogP contribution in [0, 0.1) is 0 Å². The molecule has 7 nitrogen and oxygen atoms in total. The maximum atomic E-state index is 12.4. The minimum absolute atomic E-state index is 0.151. The molecule has 0 aliphatic carbocycles. The van der Waals surface area contributed by atoms with Crippen molar-refractivity contribution < 1.29 is 23.7 Å². The van der Waals surface area contributed by atoms with E-state index in [4.69, 9.17) is 18.9 Å². The van der Waals surface area contributed by atoms with Gasteiger partial charge in [0.15, 0.2) is 6.29 Å². The Bertz CT molecular complexity index is 373. The van der Waals surface area contributed by atoms with E-state index >= 15 is 0 Å². The largest absolute Gasteiger partial charge is 0.452 e. The third-order valence-electron chi connectivity index (χ3n) is 4.03. The predicted molar refractivity (Wildman–Crippen MR) is 80.1 cm³/mol. The van der Waals surface area contributed by atoms with Crippen LogP contribution in [0.3, 0.4) is 0 Å². The molecule has 2 atom stereocenters. The van der Waals surface area contributed by atoms with E-state index < -0.39 is 12.4 Å². The zero-order valence-corrected chi connectivity index (χ0v) is 13.4. The fourth-order valence-corrected chi connectivity index (χ4v) is 3.09. The Morgan fingerprint density at radius 2 is 2.18 bits per heavy atom. The maximum absolute atomic E-state index is 12.4. The lowest BCUT2D eigenvalue weighted by Crippen LogP contribution is -2.58. The summed E-state index contributed by atoms with van der Waals surface area (Å²) in [4.78, 5) is 12.4. The van der Waals surface area contributed by atoms with E-state index in [1.807, 2.05) is 5.01 Å². The first-order valence-corrected chi connectivity index (χ1v) is 7.69. The van der Waals surface area contributed by atoms with Crippen LogP contribution in [-0.4, -0.2) is 75.1 Å². The van der Waals surface area contributed by atoms with Crippen LogP contribution in [0.5, 0.6) is 0 Å². The molecule has 2 fully saturated rings. The highest BCUT2D eigenvalue weighted by molar-refractivity contribution is 5.67. The zero-order valence-electron chi connectivity index (χ0n) is 13.4. The highest BCUT2D eigenvalue weighted by atomic mass is 16.7. The molecule has 2 heterocycles. The Morgan fingerprint density at radius 3 is 2.77 bits per heavy atom. The molecule has 0 spiro atoms. The van der Waals surface area contributed by atoms with Crippen LogP contribution in [0.2, 0.25) is 0 Å². The first kappa shape index (κ1) is 17.2. The van der Waals surface area contributed by atoms with Gasteiger partial charge in [-0.05, 0) is 19.3 Å². The molecule has 7 heteroatoms. The molecule has 126 valence electrons. The smallest absolute Gasteiger partial charge is 0.424 e. The molecule has 0 N–H and O–H groups in total. The molecule has 0 aromatic carbocycles. The molecular weight excluding hydrogens is 288 g/mol. The minimum Gasteiger partial charge on any atom is -0.452 e. The Hall–Kier alpha value is -1.15. The van der Waals surface area contributed by atoms with Gasteiger partial charge in [0.2, 0.25) is 0 Å². The molecule has 0 unspecified atom stereocenters. The molecule has 0 bridgehead atoms. The zero-order chi connectivity index (χ0) is 15.9. The van der Waals surface area contributed by atoms with E-state index in [-0.39, 0.29) is 12.1 Å². The lowest BCUT2D eigenvalue weighted by molar-refractivity contribution is -0.152. The number of carbonyl (C=O) groups excluding carboxylic acids is 1. The summed E-state index contributed by atoms with van der Waals surface area (Å²) < 4.78 is 21.5. The van der Waals surface area contributed by atoms with Crippen molar-refractivity contribution in [3.05, 3.63) is 12.7 Å². The van der Waals surface area contributed by atoms with Gasteiger partial charge in [-0.1, -0.05) is 6.08 Å². The van der Waals surface area contributed by atoms with Crippen molar-refractivity contribution in [2.75, 3.05) is 40.6 Å². The van der Waals surface area contributed by atoms with E-state index in [0.717, 1.165) is 19.4 Å². The fraction of sp³-hybridized carbons (Fsp3) is 0.800. The van der Waals surface area contributed by atoms with E-state index in [2.05, 4.69) is 6.58 Å². The van der Waals surface area contributed by atoms with Crippen molar-refractivity contribution in [2.24, 2.45) is 0 Å². The van der Waals surface area contributed by atoms with Crippen LogP contribution >= 0.6 is 0 Å². The Labute approximate surface area is 131 Å². The number of ether oxygens (including phenoxy) is 4. The molecule has 0 saturated carbocycles. The Morgan fingerprint density at radius 1 is 1.45 bits per heavy atom. The molecule has 0 aromatic rings. The van der Waals surface area contributed by atoms with Gasteiger partial charge in [0, 0.05) is 13.7 Å². The van der Waals surface area contributed by atoms with Gasteiger partial charge in [-0.15, -0.1) is 6.58 Å². The number of rotatable bonds is 7. The Balaban J connectivity index is 2.21. The number of hydrazine groups is 1. The van der Waals surface area contributed by atoms with Gasteiger partial charge >= 0.3 is 6.09 Å².